The first-order valence-corrected chi connectivity index (χ1v) is 6.29. The van der Waals surface area contributed by atoms with Crippen molar-refractivity contribution in [3.8, 4) is 0 Å². The van der Waals surface area contributed by atoms with E-state index in [1.165, 1.54) is 11.1 Å². The topological polar surface area (TPSA) is 29.5 Å². The summed E-state index contributed by atoms with van der Waals surface area (Å²) in [5.41, 5.74) is 2.42. The molecule has 1 aromatic carbocycles. The molecule has 0 aliphatic rings. The number of carbonyl (C=O) groups is 1. The average molecular weight is 249 g/mol. The van der Waals surface area contributed by atoms with Gasteiger partial charge in [0.15, 0.2) is 0 Å². The van der Waals surface area contributed by atoms with Gasteiger partial charge in [-0.2, -0.15) is 0 Å². The molecule has 0 saturated carbocycles. The molecule has 1 atom stereocenters. The van der Waals surface area contributed by atoms with E-state index in [9.17, 15) is 4.79 Å². The summed E-state index contributed by atoms with van der Waals surface area (Å²) in [5, 5.41) is 0. The number of methoxy groups -OCH3 is 1. The lowest BCUT2D eigenvalue weighted by atomic mass is 9.91. The highest BCUT2D eigenvalue weighted by atomic mass is 16.5. The summed E-state index contributed by atoms with van der Waals surface area (Å²) in [4.78, 5) is 13.8. The van der Waals surface area contributed by atoms with Gasteiger partial charge in [0, 0.05) is 14.2 Å². The van der Waals surface area contributed by atoms with Crippen molar-refractivity contribution in [2.75, 3.05) is 20.8 Å². The van der Waals surface area contributed by atoms with Crippen molar-refractivity contribution in [3.05, 3.63) is 35.4 Å². The van der Waals surface area contributed by atoms with Crippen LogP contribution in [-0.2, 0) is 9.53 Å². The first-order chi connectivity index (χ1) is 8.49. The summed E-state index contributed by atoms with van der Waals surface area (Å²) in [5.74, 6) is 0.372. The van der Waals surface area contributed by atoms with E-state index in [4.69, 9.17) is 4.74 Å². The van der Waals surface area contributed by atoms with Crippen molar-refractivity contribution in [1.29, 1.82) is 0 Å². The van der Waals surface area contributed by atoms with E-state index in [-0.39, 0.29) is 18.6 Å². The fraction of sp³-hybridized carbons (Fsp3) is 0.533. The van der Waals surface area contributed by atoms with Gasteiger partial charge in [-0.1, -0.05) is 38.1 Å². The Hall–Kier alpha value is -1.35. The Morgan fingerprint density at radius 1 is 1.33 bits per heavy atom. The van der Waals surface area contributed by atoms with E-state index in [1.54, 1.807) is 12.0 Å². The summed E-state index contributed by atoms with van der Waals surface area (Å²) >= 11 is 0. The fourth-order valence-corrected chi connectivity index (χ4v) is 2.31. The zero-order chi connectivity index (χ0) is 13.7. The normalized spacial score (nSPS) is 12.6. The lowest BCUT2D eigenvalue weighted by Gasteiger charge is -2.32. The van der Waals surface area contributed by atoms with Gasteiger partial charge in [-0.3, -0.25) is 4.79 Å². The molecular formula is C15H23NO2. The zero-order valence-electron chi connectivity index (χ0n) is 11.9. The van der Waals surface area contributed by atoms with Gasteiger partial charge in [0.05, 0.1) is 6.04 Å². The van der Waals surface area contributed by atoms with Gasteiger partial charge in [0.1, 0.15) is 6.61 Å². The molecule has 3 heteroatoms. The third kappa shape index (κ3) is 3.33. The molecule has 100 valence electrons. The Kier molecular flexibility index (Phi) is 5.35. The van der Waals surface area contributed by atoms with Gasteiger partial charge < -0.3 is 9.64 Å². The molecule has 0 heterocycles. The highest BCUT2D eigenvalue weighted by molar-refractivity contribution is 5.77. The number of nitrogens with zero attached hydrogens (tertiary/aromatic N) is 1. The monoisotopic (exact) mass is 249 g/mol. The average Bonchev–Trinajstić information content (AvgIpc) is 2.31. The van der Waals surface area contributed by atoms with Crippen LogP contribution in [0.15, 0.2) is 24.3 Å². The predicted octanol–water partition coefficient (Wildman–Crippen LogP) is 2.80. The molecule has 0 bridgehead atoms. The molecule has 1 aromatic rings. The van der Waals surface area contributed by atoms with Crippen LogP contribution in [0, 0.1) is 12.8 Å². The van der Waals surface area contributed by atoms with Crippen molar-refractivity contribution in [2.45, 2.75) is 26.8 Å². The summed E-state index contributed by atoms with van der Waals surface area (Å²) in [6.07, 6.45) is 0. The van der Waals surface area contributed by atoms with E-state index < -0.39 is 0 Å². The predicted molar refractivity (Wildman–Crippen MR) is 73.4 cm³/mol. The van der Waals surface area contributed by atoms with Crippen molar-refractivity contribution >= 4 is 5.91 Å². The van der Waals surface area contributed by atoms with E-state index in [2.05, 4.69) is 32.9 Å². The van der Waals surface area contributed by atoms with Crippen LogP contribution in [0.3, 0.4) is 0 Å². The Bertz CT molecular complexity index is 401. The molecular weight excluding hydrogens is 226 g/mol. The second kappa shape index (κ2) is 6.55. The largest absolute Gasteiger partial charge is 0.375 e. The Morgan fingerprint density at radius 3 is 2.44 bits per heavy atom. The van der Waals surface area contributed by atoms with E-state index in [1.807, 2.05) is 19.2 Å². The highest BCUT2D eigenvalue weighted by Gasteiger charge is 2.25. The number of hydrogen-bond donors (Lipinski definition) is 0. The lowest BCUT2D eigenvalue weighted by molar-refractivity contribution is -0.137. The molecule has 0 spiro atoms. The molecule has 18 heavy (non-hydrogen) atoms. The van der Waals surface area contributed by atoms with Gasteiger partial charge in [0.25, 0.3) is 0 Å². The Labute approximate surface area is 110 Å². The third-order valence-electron chi connectivity index (χ3n) is 3.22. The molecule has 1 amide bonds. The lowest BCUT2D eigenvalue weighted by Crippen LogP contribution is -2.36. The number of rotatable bonds is 5. The van der Waals surface area contributed by atoms with Crippen molar-refractivity contribution in [3.63, 3.8) is 0 Å². The van der Waals surface area contributed by atoms with Crippen LogP contribution >= 0.6 is 0 Å². The van der Waals surface area contributed by atoms with E-state index >= 15 is 0 Å². The molecule has 0 fully saturated rings. The Balaban J connectivity index is 3.04. The smallest absolute Gasteiger partial charge is 0.248 e. The van der Waals surface area contributed by atoms with Gasteiger partial charge in [0.2, 0.25) is 5.91 Å². The van der Waals surface area contributed by atoms with Crippen LogP contribution in [0.2, 0.25) is 0 Å². The summed E-state index contributed by atoms with van der Waals surface area (Å²) in [7, 11) is 3.39. The zero-order valence-corrected chi connectivity index (χ0v) is 11.9. The van der Waals surface area contributed by atoms with Crippen LogP contribution in [0.4, 0.5) is 0 Å². The first-order valence-electron chi connectivity index (χ1n) is 6.29. The number of ether oxygens (including phenoxy) is 1. The minimum Gasteiger partial charge on any atom is -0.375 e. The van der Waals surface area contributed by atoms with Crippen LogP contribution < -0.4 is 0 Å². The van der Waals surface area contributed by atoms with Crippen LogP contribution in [0.5, 0.6) is 0 Å². The van der Waals surface area contributed by atoms with Gasteiger partial charge >= 0.3 is 0 Å². The maximum atomic E-state index is 12.0. The number of likely N-dealkylation sites (N-methyl/N-ethyl adjacent to an activating group) is 1. The molecule has 0 saturated heterocycles. The van der Waals surface area contributed by atoms with E-state index in [0.29, 0.717) is 5.92 Å². The SMILES string of the molecule is COCC(=O)N(C)[C@@H](c1ccccc1C)C(C)C. The number of aryl methyl sites for hydroxylation is 1. The molecule has 0 N–H and O–H groups in total. The maximum absolute atomic E-state index is 12.0. The quantitative estimate of drug-likeness (QED) is 0.803. The molecule has 3 nitrogen and oxygen atoms in total. The maximum Gasteiger partial charge on any atom is 0.248 e. The second-order valence-electron chi connectivity index (χ2n) is 4.98. The van der Waals surface area contributed by atoms with Crippen molar-refractivity contribution in [2.24, 2.45) is 5.92 Å². The number of amides is 1. The van der Waals surface area contributed by atoms with Crippen molar-refractivity contribution < 1.29 is 9.53 Å². The molecule has 0 aromatic heterocycles. The molecule has 0 unspecified atom stereocenters. The fourth-order valence-electron chi connectivity index (χ4n) is 2.31. The van der Waals surface area contributed by atoms with Gasteiger partial charge in [-0.05, 0) is 24.0 Å². The third-order valence-corrected chi connectivity index (χ3v) is 3.22. The Morgan fingerprint density at radius 2 is 1.94 bits per heavy atom. The number of benzene rings is 1. The van der Waals surface area contributed by atoms with Crippen LogP contribution in [0.25, 0.3) is 0 Å². The molecule has 1 rings (SSSR count). The summed E-state index contributed by atoms with van der Waals surface area (Å²) < 4.78 is 4.93. The van der Waals surface area contributed by atoms with Crippen molar-refractivity contribution in [1.82, 2.24) is 4.90 Å². The molecule has 0 radical (unpaired) electrons. The minimum atomic E-state index is 0.0134. The van der Waals surface area contributed by atoms with Gasteiger partial charge in [-0.15, -0.1) is 0 Å². The van der Waals surface area contributed by atoms with Crippen LogP contribution in [0.1, 0.15) is 31.0 Å². The number of hydrogen-bond acceptors (Lipinski definition) is 2. The summed E-state index contributed by atoms with van der Waals surface area (Å²) in [6.45, 7) is 6.48. The highest BCUT2D eigenvalue weighted by Crippen LogP contribution is 2.29. The van der Waals surface area contributed by atoms with Crippen LogP contribution in [-0.4, -0.2) is 31.6 Å². The van der Waals surface area contributed by atoms with E-state index in [0.717, 1.165) is 0 Å². The first kappa shape index (κ1) is 14.7. The second-order valence-corrected chi connectivity index (χ2v) is 4.98. The van der Waals surface area contributed by atoms with Gasteiger partial charge in [-0.25, -0.2) is 0 Å². The minimum absolute atomic E-state index is 0.0134. The summed E-state index contributed by atoms with van der Waals surface area (Å²) in [6, 6.07) is 8.31. The standard InChI is InChI=1S/C15H23NO2/c1-11(2)15(16(4)14(17)10-18-5)13-9-7-6-8-12(13)3/h6-9,11,15H,10H2,1-5H3/t15-/m1/s1. The molecule has 0 aliphatic carbocycles. The number of carbonyl (C=O) groups excluding carboxylic acids is 1. The molecule has 0 aliphatic heterocycles.